The van der Waals surface area contributed by atoms with E-state index in [1.54, 1.807) is 20.8 Å². The third-order valence-electron chi connectivity index (χ3n) is 2.70. The zero-order valence-corrected chi connectivity index (χ0v) is 12.8. The van der Waals surface area contributed by atoms with Crippen molar-refractivity contribution in [3.63, 3.8) is 0 Å². The highest BCUT2D eigenvalue weighted by atomic mass is 16.6. The lowest BCUT2D eigenvalue weighted by Gasteiger charge is -2.33. The second-order valence-electron chi connectivity index (χ2n) is 5.56. The summed E-state index contributed by atoms with van der Waals surface area (Å²) < 4.78 is 14.8. The number of alkyl carbamates (subject to hydrolysis) is 1. The van der Waals surface area contributed by atoms with Crippen molar-refractivity contribution in [3.8, 4) is 0 Å². The number of carbonyl (C=O) groups is 3. The molecule has 1 aliphatic heterocycles. The minimum Gasteiger partial charge on any atom is -0.467 e. The zero-order chi connectivity index (χ0) is 16.0. The third kappa shape index (κ3) is 5.58. The van der Waals surface area contributed by atoms with E-state index in [1.807, 2.05) is 0 Å². The number of hydrogen-bond acceptors (Lipinski definition) is 6. The quantitative estimate of drug-likeness (QED) is 0.732. The van der Waals surface area contributed by atoms with Crippen molar-refractivity contribution in [3.05, 3.63) is 0 Å². The molecule has 2 amide bonds. The summed E-state index contributed by atoms with van der Waals surface area (Å²) in [5, 5.41) is 2.37. The van der Waals surface area contributed by atoms with Gasteiger partial charge in [-0.1, -0.05) is 0 Å². The molecule has 0 aromatic carbocycles. The van der Waals surface area contributed by atoms with Gasteiger partial charge in [0, 0.05) is 6.54 Å². The molecule has 0 aliphatic carbocycles. The van der Waals surface area contributed by atoms with Crippen LogP contribution in [0.1, 0.15) is 20.8 Å². The van der Waals surface area contributed by atoms with Crippen molar-refractivity contribution in [2.24, 2.45) is 0 Å². The van der Waals surface area contributed by atoms with Crippen LogP contribution in [0, 0.1) is 0 Å². The molecule has 1 atom stereocenters. The van der Waals surface area contributed by atoms with E-state index in [9.17, 15) is 14.4 Å². The Labute approximate surface area is 123 Å². The molecule has 0 aromatic rings. The van der Waals surface area contributed by atoms with Crippen LogP contribution in [0.4, 0.5) is 4.79 Å². The molecule has 1 rings (SSSR count). The molecule has 8 nitrogen and oxygen atoms in total. The number of amides is 2. The lowest BCUT2D eigenvalue weighted by atomic mass is 10.2. The van der Waals surface area contributed by atoms with Gasteiger partial charge in [-0.05, 0) is 20.8 Å². The molecular weight excluding hydrogens is 280 g/mol. The van der Waals surface area contributed by atoms with Crippen LogP contribution in [0.3, 0.4) is 0 Å². The summed E-state index contributed by atoms with van der Waals surface area (Å²) in [6.07, 6.45) is -0.682. The van der Waals surface area contributed by atoms with Crippen molar-refractivity contribution in [2.45, 2.75) is 32.4 Å². The predicted molar refractivity (Wildman–Crippen MR) is 72.6 cm³/mol. The Balaban J connectivity index is 2.53. The highest BCUT2D eigenvalue weighted by Gasteiger charge is 2.33. The molecule has 120 valence electrons. The van der Waals surface area contributed by atoms with Crippen LogP contribution < -0.4 is 5.32 Å². The Morgan fingerprint density at radius 1 is 1.33 bits per heavy atom. The van der Waals surface area contributed by atoms with Crippen LogP contribution in [0.25, 0.3) is 0 Å². The number of esters is 1. The van der Waals surface area contributed by atoms with Gasteiger partial charge in [-0.15, -0.1) is 0 Å². The molecule has 0 spiro atoms. The smallest absolute Gasteiger partial charge is 0.408 e. The lowest BCUT2D eigenvalue weighted by molar-refractivity contribution is -0.160. The number of methoxy groups -OCH3 is 1. The number of nitrogens with one attached hydrogen (secondary N) is 1. The van der Waals surface area contributed by atoms with E-state index in [2.05, 4.69) is 10.1 Å². The minimum absolute atomic E-state index is 0.0881. The maximum Gasteiger partial charge on any atom is 0.408 e. The number of ether oxygens (including phenoxy) is 3. The third-order valence-corrected chi connectivity index (χ3v) is 2.70. The first-order valence-corrected chi connectivity index (χ1v) is 6.66. The summed E-state index contributed by atoms with van der Waals surface area (Å²) in [4.78, 5) is 36.5. The first kappa shape index (κ1) is 17.2. The Kier molecular flexibility index (Phi) is 5.95. The normalized spacial score (nSPS) is 18.9. The Morgan fingerprint density at radius 3 is 2.57 bits per heavy atom. The molecular formula is C13H22N2O6. The fourth-order valence-corrected chi connectivity index (χ4v) is 1.80. The van der Waals surface area contributed by atoms with Gasteiger partial charge >= 0.3 is 12.1 Å². The molecule has 21 heavy (non-hydrogen) atoms. The molecule has 0 saturated carbocycles. The molecule has 0 unspecified atom stereocenters. The SMILES string of the molecule is COC(=O)[C@@H]1COCCN1C(=O)CNC(=O)OC(C)(C)C. The summed E-state index contributed by atoms with van der Waals surface area (Å²) >= 11 is 0. The fraction of sp³-hybridized carbons (Fsp3) is 0.769. The molecule has 1 saturated heterocycles. The molecule has 0 aromatic heterocycles. The number of hydrogen-bond donors (Lipinski definition) is 1. The van der Waals surface area contributed by atoms with Crippen molar-refractivity contribution in [1.82, 2.24) is 10.2 Å². The van der Waals surface area contributed by atoms with Gasteiger partial charge in [-0.2, -0.15) is 0 Å². The summed E-state index contributed by atoms with van der Waals surface area (Å²) in [6, 6.07) is -0.781. The molecule has 1 fully saturated rings. The molecule has 1 heterocycles. The number of nitrogens with zero attached hydrogens (tertiary/aromatic N) is 1. The average Bonchev–Trinajstić information content (AvgIpc) is 2.42. The standard InChI is InChI=1S/C13H22N2O6/c1-13(2,3)21-12(18)14-7-10(16)15-5-6-20-8-9(15)11(17)19-4/h9H,5-8H2,1-4H3,(H,14,18)/t9-/m0/s1. The lowest BCUT2D eigenvalue weighted by Crippen LogP contribution is -2.55. The van der Waals surface area contributed by atoms with Crippen molar-refractivity contribution in [2.75, 3.05) is 33.4 Å². The maximum absolute atomic E-state index is 12.1. The molecule has 0 bridgehead atoms. The summed E-state index contributed by atoms with van der Waals surface area (Å²) in [5.41, 5.74) is -0.638. The zero-order valence-electron chi connectivity index (χ0n) is 12.8. The fourth-order valence-electron chi connectivity index (χ4n) is 1.80. The van der Waals surface area contributed by atoms with Crippen LogP contribution in [0.2, 0.25) is 0 Å². The van der Waals surface area contributed by atoms with Crippen molar-refractivity contribution < 1.29 is 28.6 Å². The summed E-state index contributed by atoms with van der Waals surface area (Å²) in [7, 11) is 1.25. The Hall–Kier alpha value is -1.83. The summed E-state index contributed by atoms with van der Waals surface area (Å²) in [5.74, 6) is -0.931. The molecule has 1 N–H and O–H groups in total. The number of rotatable bonds is 3. The van der Waals surface area contributed by atoms with Gasteiger partial charge in [0.05, 0.1) is 20.3 Å². The molecule has 0 radical (unpaired) electrons. The topological polar surface area (TPSA) is 94.2 Å². The van der Waals surface area contributed by atoms with Gasteiger partial charge in [0.15, 0.2) is 6.04 Å². The van der Waals surface area contributed by atoms with Gasteiger partial charge in [-0.3, -0.25) is 4.79 Å². The number of carbonyl (C=O) groups excluding carboxylic acids is 3. The number of morpholine rings is 1. The molecule has 1 aliphatic rings. The van der Waals surface area contributed by atoms with Crippen LogP contribution >= 0.6 is 0 Å². The van der Waals surface area contributed by atoms with Gasteiger partial charge < -0.3 is 24.4 Å². The first-order valence-electron chi connectivity index (χ1n) is 6.66. The van der Waals surface area contributed by atoms with Crippen LogP contribution in [0.5, 0.6) is 0 Å². The highest BCUT2D eigenvalue weighted by molar-refractivity contribution is 5.87. The summed E-state index contributed by atoms with van der Waals surface area (Å²) in [6.45, 7) is 5.63. The predicted octanol–water partition coefficient (Wildman–Crippen LogP) is -0.0885. The Morgan fingerprint density at radius 2 is 2.00 bits per heavy atom. The Bertz CT molecular complexity index is 404. The van der Waals surface area contributed by atoms with E-state index in [4.69, 9.17) is 9.47 Å². The first-order chi connectivity index (χ1) is 9.74. The van der Waals surface area contributed by atoms with E-state index < -0.39 is 23.7 Å². The highest BCUT2D eigenvalue weighted by Crippen LogP contribution is 2.09. The van der Waals surface area contributed by atoms with Crippen molar-refractivity contribution >= 4 is 18.0 Å². The second kappa shape index (κ2) is 7.26. The van der Waals surface area contributed by atoms with Crippen LogP contribution in [-0.2, 0) is 23.8 Å². The average molecular weight is 302 g/mol. The van der Waals surface area contributed by atoms with E-state index in [0.717, 1.165) is 0 Å². The van der Waals surface area contributed by atoms with Gasteiger partial charge in [0.2, 0.25) is 5.91 Å². The monoisotopic (exact) mass is 302 g/mol. The van der Waals surface area contributed by atoms with Gasteiger partial charge in [0.25, 0.3) is 0 Å². The minimum atomic E-state index is -0.781. The van der Waals surface area contributed by atoms with Crippen molar-refractivity contribution in [1.29, 1.82) is 0 Å². The van der Waals surface area contributed by atoms with E-state index in [0.29, 0.717) is 6.61 Å². The van der Waals surface area contributed by atoms with E-state index in [1.165, 1.54) is 12.0 Å². The van der Waals surface area contributed by atoms with Crippen LogP contribution in [-0.4, -0.2) is 67.9 Å². The van der Waals surface area contributed by atoms with Gasteiger partial charge in [-0.25, -0.2) is 9.59 Å². The van der Waals surface area contributed by atoms with Gasteiger partial charge in [0.1, 0.15) is 12.1 Å². The van der Waals surface area contributed by atoms with E-state index in [-0.39, 0.29) is 25.6 Å². The molecule has 8 heteroatoms. The largest absolute Gasteiger partial charge is 0.467 e. The maximum atomic E-state index is 12.1. The van der Waals surface area contributed by atoms with Crippen LogP contribution in [0.15, 0.2) is 0 Å². The van der Waals surface area contributed by atoms with E-state index >= 15 is 0 Å². The second-order valence-corrected chi connectivity index (χ2v) is 5.56.